The first-order valence-corrected chi connectivity index (χ1v) is 9.41. The number of nitriles is 1. The quantitative estimate of drug-likeness (QED) is 0.648. The van der Waals surface area contributed by atoms with Crippen LogP contribution in [-0.2, 0) is 0 Å². The van der Waals surface area contributed by atoms with Crippen LogP contribution in [0.2, 0.25) is 0 Å². The van der Waals surface area contributed by atoms with Gasteiger partial charge in [-0.15, -0.1) is 0 Å². The fourth-order valence-corrected chi connectivity index (χ4v) is 4.04. The Morgan fingerprint density at radius 3 is 2.82 bits per heavy atom. The van der Waals surface area contributed by atoms with Gasteiger partial charge >= 0.3 is 0 Å². The third-order valence-electron chi connectivity index (χ3n) is 5.35. The average Bonchev–Trinajstić information content (AvgIpc) is 3.24. The number of benzene rings is 2. The average molecular weight is 370 g/mol. The zero-order valence-corrected chi connectivity index (χ0v) is 15.6. The molecular weight excluding hydrogens is 352 g/mol. The molecule has 1 heterocycles. The van der Waals surface area contributed by atoms with Crippen LogP contribution >= 0.6 is 0 Å². The lowest BCUT2D eigenvalue weighted by atomic mass is 9.98. The summed E-state index contributed by atoms with van der Waals surface area (Å²) in [6.45, 7) is 3.84. The summed E-state index contributed by atoms with van der Waals surface area (Å²) in [5, 5.41) is 9.44. The number of hydrogen-bond donors (Lipinski definition) is 0. The summed E-state index contributed by atoms with van der Waals surface area (Å²) in [6, 6.07) is 13.3. The number of fused-ring (bicyclic) bond motifs is 3. The van der Waals surface area contributed by atoms with Gasteiger partial charge in [0.05, 0.1) is 17.9 Å². The van der Waals surface area contributed by atoms with Crippen molar-refractivity contribution in [2.24, 2.45) is 5.92 Å². The lowest BCUT2D eigenvalue weighted by Gasteiger charge is -2.11. The Hall–Kier alpha value is -3.39. The van der Waals surface area contributed by atoms with Crippen molar-refractivity contribution in [3.8, 4) is 34.6 Å². The van der Waals surface area contributed by atoms with Gasteiger partial charge in [-0.3, -0.25) is 4.79 Å². The van der Waals surface area contributed by atoms with Gasteiger partial charge < -0.3 is 9.15 Å². The molecule has 5 heteroatoms. The molecule has 3 aromatic rings. The van der Waals surface area contributed by atoms with E-state index in [9.17, 15) is 10.1 Å². The molecule has 0 spiro atoms. The van der Waals surface area contributed by atoms with E-state index >= 15 is 0 Å². The molecule has 138 valence electrons. The Morgan fingerprint density at radius 1 is 1.21 bits per heavy atom. The van der Waals surface area contributed by atoms with E-state index < -0.39 is 0 Å². The largest absolute Gasteiger partial charge is 0.490 e. The molecule has 1 fully saturated rings. The van der Waals surface area contributed by atoms with Crippen LogP contribution in [0.5, 0.6) is 5.75 Å². The van der Waals surface area contributed by atoms with Crippen molar-refractivity contribution >= 4 is 5.78 Å². The van der Waals surface area contributed by atoms with Crippen molar-refractivity contribution in [2.75, 3.05) is 0 Å². The first-order chi connectivity index (χ1) is 13.6. The molecule has 0 radical (unpaired) electrons. The second-order valence-corrected chi connectivity index (χ2v) is 7.60. The summed E-state index contributed by atoms with van der Waals surface area (Å²) in [5.41, 5.74) is 4.01. The number of ether oxygens (including phenoxy) is 1. The van der Waals surface area contributed by atoms with Crippen LogP contribution in [-0.4, -0.2) is 16.9 Å². The Kier molecular flexibility index (Phi) is 3.63. The summed E-state index contributed by atoms with van der Waals surface area (Å²) in [4.78, 5) is 16.7. The van der Waals surface area contributed by atoms with Crippen molar-refractivity contribution in [1.29, 1.82) is 5.26 Å². The summed E-state index contributed by atoms with van der Waals surface area (Å²) >= 11 is 0. The first kappa shape index (κ1) is 16.8. The molecule has 2 unspecified atom stereocenters. The van der Waals surface area contributed by atoms with Crippen molar-refractivity contribution in [2.45, 2.75) is 32.3 Å². The Bertz CT molecular complexity index is 1150. The van der Waals surface area contributed by atoms with Crippen LogP contribution < -0.4 is 4.74 Å². The van der Waals surface area contributed by atoms with E-state index in [0.29, 0.717) is 34.4 Å². The molecule has 2 atom stereocenters. The van der Waals surface area contributed by atoms with Gasteiger partial charge in [0.25, 0.3) is 0 Å². The molecule has 0 saturated heterocycles. The number of nitrogens with zero attached hydrogens (tertiary/aromatic N) is 2. The molecular formula is C23H18N2O3. The summed E-state index contributed by atoms with van der Waals surface area (Å²) in [5.74, 6) is 2.37. The maximum Gasteiger partial charge on any atom is 0.226 e. The van der Waals surface area contributed by atoms with Gasteiger partial charge in [-0.1, -0.05) is 18.2 Å². The van der Waals surface area contributed by atoms with Gasteiger partial charge in [-0.25, -0.2) is 4.98 Å². The summed E-state index contributed by atoms with van der Waals surface area (Å²) in [6.07, 6.45) is 2.61. The van der Waals surface area contributed by atoms with Crippen molar-refractivity contribution in [1.82, 2.24) is 4.98 Å². The van der Waals surface area contributed by atoms with E-state index in [0.717, 1.165) is 23.1 Å². The third kappa shape index (κ3) is 2.53. The van der Waals surface area contributed by atoms with E-state index in [1.807, 2.05) is 38.1 Å². The fraction of sp³-hybridized carbons (Fsp3) is 0.261. The van der Waals surface area contributed by atoms with Crippen LogP contribution in [0.3, 0.4) is 0 Å². The minimum Gasteiger partial charge on any atom is -0.490 e. The van der Waals surface area contributed by atoms with Crippen LogP contribution in [0.25, 0.3) is 22.8 Å². The highest BCUT2D eigenvalue weighted by Gasteiger charge is 2.52. The van der Waals surface area contributed by atoms with Gasteiger partial charge in [0.2, 0.25) is 5.89 Å². The number of aromatic nitrogens is 1. The number of rotatable bonds is 4. The molecule has 2 aliphatic rings. The lowest BCUT2D eigenvalue weighted by molar-refractivity contribution is 0.0974. The zero-order chi connectivity index (χ0) is 19.4. The predicted octanol–water partition coefficient (Wildman–Crippen LogP) is 4.97. The van der Waals surface area contributed by atoms with Crippen LogP contribution in [0.1, 0.15) is 47.7 Å². The molecule has 0 amide bonds. The Morgan fingerprint density at radius 2 is 2.04 bits per heavy atom. The monoisotopic (exact) mass is 370 g/mol. The van der Waals surface area contributed by atoms with Gasteiger partial charge in [-0.05, 0) is 49.9 Å². The number of carbonyl (C=O) groups is 1. The lowest BCUT2D eigenvalue weighted by Crippen LogP contribution is -2.06. The van der Waals surface area contributed by atoms with E-state index in [4.69, 9.17) is 9.15 Å². The highest BCUT2D eigenvalue weighted by molar-refractivity contribution is 6.07. The number of hydrogen-bond acceptors (Lipinski definition) is 5. The van der Waals surface area contributed by atoms with E-state index in [1.165, 1.54) is 0 Å². The SMILES string of the molecule is CC(C)Oc1ccc(-c2ncc(-c3cccc4c3C3CC3C4=O)o2)cc1C#N. The number of carbonyl (C=O) groups excluding carboxylic acids is 1. The molecule has 0 bridgehead atoms. The molecule has 2 aliphatic carbocycles. The molecule has 1 aromatic heterocycles. The Balaban J connectivity index is 1.52. The third-order valence-corrected chi connectivity index (χ3v) is 5.35. The molecule has 0 N–H and O–H groups in total. The van der Waals surface area contributed by atoms with Crippen molar-refractivity contribution in [3.63, 3.8) is 0 Å². The maximum absolute atomic E-state index is 12.3. The zero-order valence-electron chi connectivity index (χ0n) is 15.6. The summed E-state index contributed by atoms with van der Waals surface area (Å²) in [7, 11) is 0. The molecule has 5 rings (SSSR count). The summed E-state index contributed by atoms with van der Waals surface area (Å²) < 4.78 is 11.7. The molecule has 28 heavy (non-hydrogen) atoms. The minimum atomic E-state index is -0.0135. The van der Waals surface area contributed by atoms with E-state index in [-0.39, 0.29) is 17.8 Å². The first-order valence-electron chi connectivity index (χ1n) is 9.41. The Labute approximate surface area is 162 Å². The molecule has 0 aliphatic heterocycles. The van der Waals surface area contributed by atoms with Crippen molar-refractivity contribution in [3.05, 3.63) is 59.3 Å². The topological polar surface area (TPSA) is 76.1 Å². The number of ketones is 1. The van der Waals surface area contributed by atoms with Gasteiger partial charge in [0.1, 0.15) is 11.8 Å². The van der Waals surface area contributed by atoms with Gasteiger partial charge in [0.15, 0.2) is 11.5 Å². The highest BCUT2D eigenvalue weighted by atomic mass is 16.5. The van der Waals surface area contributed by atoms with Gasteiger partial charge in [-0.2, -0.15) is 5.26 Å². The predicted molar refractivity (Wildman–Crippen MR) is 103 cm³/mol. The van der Waals surface area contributed by atoms with E-state index in [2.05, 4.69) is 11.1 Å². The molecule has 1 saturated carbocycles. The molecule has 2 aromatic carbocycles. The van der Waals surface area contributed by atoms with Crippen molar-refractivity contribution < 1.29 is 13.9 Å². The minimum absolute atomic E-state index is 0.0135. The van der Waals surface area contributed by atoms with Gasteiger partial charge in [0, 0.05) is 22.6 Å². The normalized spacial score (nSPS) is 19.3. The number of oxazole rings is 1. The standard InChI is InChI=1S/C23H18N2O3/c1-12(2)27-19-7-6-13(8-14(19)10-24)23-25-11-20(28-23)15-4-3-5-16-21(15)17-9-18(17)22(16)26/h3-8,11-12,17-18H,9H2,1-2H3. The van der Waals surface area contributed by atoms with E-state index in [1.54, 1.807) is 18.3 Å². The molecule has 5 nitrogen and oxygen atoms in total. The fourth-order valence-electron chi connectivity index (χ4n) is 4.04. The van der Waals surface area contributed by atoms with Crippen LogP contribution in [0.4, 0.5) is 0 Å². The second-order valence-electron chi connectivity index (χ2n) is 7.60. The number of Topliss-reactive ketones (excluding diaryl/α,β-unsaturated/α-hetero) is 1. The maximum atomic E-state index is 12.3. The smallest absolute Gasteiger partial charge is 0.226 e. The second kappa shape index (κ2) is 6.07. The van der Waals surface area contributed by atoms with Crippen LogP contribution in [0, 0.1) is 17.2 Å². The highest BCUT2D eigenvalue weighted by Crippen LogP contribution is 2.58. The van der Waals surface area contributed by atoms with Crippen LogP contribution in [0.15, 0.2) is 47.0 Å².